The van der Waals surface area contributed by atoms with Crippen molar-refractivity contribution < 1.29 is 9.47 Å². The maximum atomic E-state index is 5.84. The van der Waals surface area contributed by atoms with Gasteiger partial charge in [-0.15, -0.1) is 0 Å². The summed E-state index contributed by atoms with van der Waals surface area (Å²) in [4.78, 5) is 0. The Bertz CT molecular complexity index is 719. The van der Waals surface area contributed by atoms with Crippen molar-refractivity contribution in [2.75, 3.05) is 18.5 Å². The first-order valence-corrected chi connectivity index (χ1v) is 8.89. The number of thiocarbonyl (C=S) groups is 1. The summed E-state index contributed by atoms with van der Waals surface area (Å²) < 4.78 is 11.4. The van der Waals surface area contributed by atoms with Gasteiger partial charge in [0.2, 0.25) is 0 Å². The zero-order valence-electron chi connectivity index (χ0n) is 15.3. The smallest absolute Gasteiger partial charge is 0.171 e. The minimum atomic E-state index is 0.0702. The Morgan fingerprint density at radius 3 is 2.56 bits per heavy atom. The van der Waals surface area contributed by atoms with Crippen LogP contribution in [0.4, 0.5) is 5.69 Å². The van der Waals surface area contributed by atoms with Crippen LogP contribution in [0.2, 0.25) is 0 Å². The molecule has 0 aliphatic rings. The monoisotopic (exact) mass is 358 g/mol. The maximum absolute atomic E-state index is 5.84. The van der Waals surface area contributed by atoms with E-state index in [0.29, 0.717) is 18.3 Å². The van der Waals surface area contributed by atoms with Gasteiger partial charge in [-0.2, -0.15) is 0 Å². The molecule has 0 aliphatic heterocycles. The summed E-state index contributed by atoms with van der Waals surface area (Å²) in [6, 6.07) is 13.9. The highest BCUT2D eigenvalue weighted by atomic mass is 32.1. The van der Waals surface area contributed by atoms with Crippen molar-refractivity contribution in [1.82, 2.24) is 5.32 Å². The molecular formula is C20H26N2O2S. The van der Waals surface area contributed by atoms with E-state index in [1.807, 2.05) is 44.2 Å². The first-order chi connectivity index (χ1) is 12.0. The molecule has 0 saturated heterocycles. The minimum Gasteiger partial charge on any atom is -0.492 e. The zero-order chi connectivity index (χ0) is 18.2. The largest absolute Gasteiger partial charge is 0.492 e. The molecule has 0 heterocycles. The molecule has 0 spiro atoms. The van der Waals surface area contributed by atoms with Gasteiger partial charge in [-0.1, -0.05) is 18.2 Å². The van der Waals surface area contributed by atoms with Crippen LogP contribution in [0, 0.1) is 13.8 Å². The lowest BCUT2D eigenvalue weighted by molar-refractivity contribution is 0.286. The molecule has 0 unspecified atom stereocenters. The molecule has 0 amide bonds. The number of para-hydroxylation sites is 2. The van der Waals surface area contributed by atoms with Gasteiger partial charge in [-0.05, 0) is 75.3 Å². The van der Waals surface area contributed by atoms with Crippen LogP contribution in [0.25, 0.3) is 0 Å². The van der Waals surface area contributed by atoms with Crippen molar-refractivity contribution in [2.45, 2.75) is 33.7 Å². The summed E-state index contributed by atoms with van der Waals surface area (Å²) in [5.74, 6) is 1.66. The number of rotatable bonds is 7. The van der Waals surface area contributed by atoms with Crippen molar-refractivity contribution in [3.63, 3.8) is 0 Å². The molecule has 0 saturated carbocycles. The van der Waals surface area contributed by atoms with Gasteiger partial charge in [0.15, 0.2) is 5.11 Å². The second-order valence-corrected chi connectivity index (χ2v) is 6.39. The van der Waals surface area contributed by atoms with Gasteiger partial charge in [0.1, 0.15) is 18.1 Å². The molecule has 0 radical (unpaired) electrons. The lowest BCUT2D eigenvalue weighted by Crippen LogP contribution is -2.39. The predicted molar refractivity (Wildman–Crippen MR) is 108 cm³/mol. The third kappa shape index (κ3) is 5.94. The van der Waals surface area contributed by atoms with Crippen LogP contribution in [0.1, 0.15) is 25.0 Å². The number of anilines is 1. The lowest BCUT2D eigenvalue weighted by atomic mass is 10.1. The van der Waals surface area contributed by atoms with Crippen molar-refractivity contribution in [1.29, 1.82) is 0 Å². The molecule has 25 heavy (non-hydrogen) atoms. The van der Waals surface area contributed by atoms with Crippen molar-refractivity contribution in [2.24, 2.45) is 0 Å². The number of hydrogen-bond donors (Lipinski definition) is 2. The molecule has 0 fully saturated rings. The Labute approximate surface area is 155 Å². The molecule has 2 aromatic carbocycles. The Balaban J connectivity index is 1.84. The molecule has 5 heteroatoms. The summed E-state index contributed by atoms with van der Waals surface area (Å²) in [5, 5.41) is 6.96. The fraction of sp³-hybridized carbons (Fsp3) is 0.350. The van der Waals surface area contributed by atoms with Gasteiger partial charge in [-0.3, -0.25) is 0 Å². The first kappa shape index (κ1) is 19.1. The van der Waals surface area contributed by atoms with Crippen LogP contribution in [0.15, 0.2) is 42.5 Å². The average molecular weight is 359 g/mol. The molecule has 0 aliphatic carbocycles. The molecule has 2 N–H and O–H groups in total. The van der Waals surface area contributed by atoms with E-state index < -0.39 is 0 Å². The van der Waals surface area contributed by atoms with E-state index in [9.17, 15) is 0 Å². The molecule has 134 valence electrons. The zero-order valence-corrected chi connectivity index (χ0v) is 16.1. The highest BCUT2D eigenvalue weighted by molar-refractivity contribution is 7.80. The normalized spacial score (nSPS) is 11.5. The fourth-order valence-electron chi connectivity index (χ4n) is 2.30. The second-order valence-electron chi connectivity index (χ2n) is 5.99. The van der Waals surface area contributed by atoms with E-state index in [2.05, 4.69) is 36.6 Å². The number of benzene rings is 2. The van der Waals surface area contributed by atoms with Crippen LogP contribution < -0.4 is 20.1 Å². The number of ether oxygens (including phenoxy) is 2. The highest BCUT2D eigenvalue weighted by Gasteiger charge is 2.08. The summed E-state index contributed by atoms with van der Waals surface area (Å²) >= 11 is 5.39. The van der Waals surface area contributed by atoms with E-state index in [4.69, 9.17) is 21.7 Å². The molecular weight excluding hydrogens is 332 g/mol. The topological polar surface area (TPSA) is 42.5 Å². The molecule has 2 aromatic rings. The van der Waals surface area contributed by atoms with E-state index in [0.717, 1.165) is 17.2 Å². The van der Waals surface area contributed by atoms with Crippen LogP contribution >= 0.6 is 12.2 Å². The highest BCUT2D eigenvalue weighted by Crippen LogP contribution is 2.23. The lowest BCUT2D eigenvalue weighted by Gasteiger charge is -2.19. The minimum absolute atomic E-state index is 0.0702. The second kappa shape index (κ2) is 9.28. The standard InChI is InChI=1S/C20H26N2O2S/c1-5-23-19-9-7-6-8-18(19)22-20(25)21-16(4)13-24-17-11-10-14(2)15(3)12-17/h6-12,16H,5,13H2,1-4H3,(H2,21,22,25)/t16-/m0/s1. The molecule has 0 aromatic heterocycles. The SMILES string of the molecule is CCOc1ccccc1NC(=S)N[C@@H](C)COc1ccc(C)c(C)c1. The predicted octanol–water partition coefficient (Wildman–Crippen LogP) is 4.46. The summed E-state index contributed by atoms with van der Waals surface area (Å²) in [7, 11) is 0. The van der Waals surface area contributed by atoms with Gasteiger partial charge in [-0.25, -0.2) is 0 Å². The van der Waals surface area contributed by atoms with Gasteiger partial charge < -0.3 is 20.1 Å². The van der Waals surface area contributed by atoms with Crippen LogP contribution in [-0.2, 0) is 0 Å². The maximum Gasteiger partial charge on any atom is 0.171 e. The Morgan fingerprint density at radius 2 is 1.84 bits per heavy atom. The Kier molecular flexibility index (Phi) is 7.07. The fourth-order valence-corrected chi connectivity index (χ4v) is 2.61. The van der Waals surface area contributed by atoms with E-state index >= 15 is 0 Å². The van der Waals surface area contributed by atoms with Gasteiger partial charge in [0, 0.05) is 0 Å². The summed E-state index contributed by atoms with van der Waals surface area (Å²) in [6.07, 6.45) is 0. The van der Waals surface area contributed by atoms with Gasteiger partial charge >= 0.3 is 0 Å². The number of hydrogen-bond acceptors (Lipinski definition) is 3. The third-order valence-corrected chi connectivity index (χ3v) is 4.01. The molecule has 4 nitrogen and oxygen atoms in total. The number of aryl methyl sites for hydroxylation is 2. The third-order valence-electron chi connectivity index (χ3n) is 3.79. The number of nitrogens with one attached hydrogen (secondary N) is 2. The summed E-state index contributed by atoms with van der Waals surface area (Å²) in [6.45, 7) is 9.30. The summed E-state index contributed by atoms with van der Waals surface area (Å²) in [5.41, 5.74) is 3.34. The van der Waals surface area contributed by atoms with Crippen molar-refractivity contribution >= 4 is 23.0 Å². The van der Waals surface area contributed by atoms with Gasteiger partial charge in [0.05, 0.1) is 18.3 Å². The van der Waals surface area contributed by atoms with Crippen LogP contribution in [-0.4, -0.2) is 24.4 Å². The molecule has 2 rings (SSSR count). The average Bonchev–Trinajstić information content (AvgIpc) is 2.58. The Hall–Kier alpha value is -2.27. The molecule has 1 atom stereocenters. The van der Waals surface area contributed by atoms with E-state index in [-0.39, 0.29) is 6.04 Å². The molecule has 0 bridgehead atoms. The van der Waals surface area contributed by atoms with Crippen molar-refractivity contribution in [3.05, 3.63) is 53.6 Å². The Morgan fingerprint density at radius 1 is 1.08 bits per heavy atom. The quantitative estimate of drug-likeness (QED) is 0.716. The van der Waals surface area contributed by atoms with Gasteiger partial charge in [0.25, 0.3) is 0 Å². The van der Waals surface area contributed by atoms with Crippen molar-refractivity contribution in [3.8, 4) is 11.5 Å². The van der Waals surface area contributed by atoms with E-state index in [1.54, 1.807) is 0 Å². The first-order valence-electron chi connectivity index (χ1n) is 8.49. The van der Waals surface area contributed by atoms with Crippen LogP contribution in [0.3, 0.4) is 0 Å². The van der Waals surface area contributed by atoms with E-state index in [1.165, 1.54) is 11.1 Å². The van der Waals surface area contributed by atoms with Crippen LogP contribution in [0.5, 0.6) is 11.5 Å².